The third-order valence-corrected chi connectivity index (χ3v) is 5.30. The minimum absolute atomic E-state index is 0.0770. The molecule has 0 unspecified atom stereocenters. The Morgan fingerprint density at radius 2 is 1.61 bits per heavy atom. The second-order valence-corrected chi connectivity index (χ2v) is 7.53. The third-order valence-electron chi connectivity index (χ3n) is 5.30. The summed E-state index contributed by atoms with van der Waals surface area (Å²) in [5.41, 5.74) is 3.48. The Morgan fingerprint density at radius 3 is 2.16 bits per heavy atom. The second kappa shape index (κ2) is 9.04. The molecule has 0 atom stereocenters. The van der Waals surface area contributed by atoms with Crippen molar-refractivity contribution < 1.29 is 5.11 Å². The zero-order valence-corrected chi connectivity index (χ0v) is 18.6. The maximum Gasteiger partial charge on any atom is 0.335 e. The summed E-state index contributed by atoms with van der Waals surface area (Å²) < 4.78 is 1.12. The number of hydrogen-bond acceptors (Lipinski definition) is 5. The van der Waals surface area contributed by atoms with E-state index in [9.17, 15) is 14.7 Å². The first-order valence-electron chi connectivity index (χ1n) is 10.3. The van der Waals surface area contributed by atoms with E-state index in [0.29, 0.717) is 11.4 Å². The number of benzene rings is 2. The van der Waals surface area contributed by atoms with Gasteiger partial charge in [0, 0.05) is 25.0 Å². The van der Waals surface area contributed by atoms with Crippen molar-refractivity contribution in [3.63, 3.8) is 0 Å². The highest BCUT2D eigenvalue weighted by Gasteiger charge is 2.17. The summed E-state index contributed by atoms with van der Waals surface area (Å²) in [5.74, 6) is -0.438. The van der Waals surface area contributed by atoms with Crippen LogP contribution in [0.4, 0.5) is 11.4 Å². The molecule has 0 spiro atoms. The van der Waals surface area contributed by atoms with Crippen LogP contribution in [-0.2, 0) is 0 Å². The summed E-state index contributed by atoms with van der Waals surface area (Å²) in [5, 5.41) is 10.8. The fourth-order valence-corrected chi connectivity index (χ4v) is 3.86. The summed E-state index contributed by atoms with van der Waals surface area (Å²) in [7, 11) is 0. The van der Waals surface area contributed by atoms with E-state index in [1.807, 2.05) is 57.2 Å². The highest BCUT2D eigenvalue weighted by molar-refractivity contribution is 5.84. The predicted molar refractivity (Wildman–Crippen MR) is 126 cm³/mol. The Labute approximate surface area is 181 Å². The van der Waals surface area contributed by atoms with Crippen LogP contribution in [0.25, 0.3) is 5.69 Å². The lowest BCUT2D eigenvalue weighted by atomic mass is 10.0. The molecule has 0 fully saturated rings. The van der Waals surface area contributed by atoms with Gasteiger partial charge < -0.3 is 10.0 Å². The standard InChI is InChI=1S/C24H28N4O3/c1-6-27(7-2)19-10-8-18(9-11-19)25-14-20-22(29)26-24(31)28(23(20)30)21-16(4)12-15(3)13-17(21)5/h8-14,30H,6-7H2,1-5H3,(H,26,29,31). The van der Waals surface area contributed by atoms with Crippen molar-refractivity contribution in [2.24, 2.45) is 4.99 Å². The van der Waals surface area contributed by atoms with E-state index in [0.717, 1.165) is 40.0 Å². The molecule has 0 saturated carbocycles. The van der Waals surface area contributed by atoms with Crippen LogP contribution in [0.2, 0.25) is 0 Å². The lowest BCUT2D eigenvalue weighted by Crippen LogP contribution is -2.32. The molecule has 0 aliphatic rings. The Morgan fingerprint density at radius 1 is 1.03 bits per heavy atom. The molecule has 2 aromatic carbocycles. The van der Waals surface area contributed by atoms with Crippen molar-refractivity contribution in [2.75, 3.05) is 18.0 Å². The molecular formula is C24H28N4O3. The average molecular weight is 421 g/mol. The minimum Gasteiger partial charge on any atom is -0.493 e. The first-order valence-corrected chi connectivity index (χ1v) is 10.3. The predicted octanol–water partition coefficient (Wildman–Crippen LogP) is 3.75. The molecule has 31 heavy (non-hydrogen) atoms. The molecule has 0 aliphatic carbocycles. The summed E-state index contributed by atoms with van der Waals surface area (Å²) in [4.78, 5) is 33.8. The molecule has 3 rings (SSSR count). The van der Waals surface area contributed by atoms with Gasteiger partial charge in [0.1, 0.15) is 5.56 Å². The number of nitrogens with one attached hydrogen (secondary N) is 1. The van der Waals surface area contributed by atoms with E-state index < -0.39 is 17.1 Å². The number of aromatic hydroxyl groups is 1. The number of aliphatic imine (C=N–C) groups is 1. The van der Waals surface area contributed by atoms with Crippen molar-refractivity contribution in [1.29, 1.82) is 0 Å². The second-order valence-electron chi connectivity index (χ2n) is 7.53. The largest absolute Gasteiger partial charge is 0.493 e. The van der Waals surface area contributed by atoms with E-state index in [1.54, 1.807) is 0 Å². The van der Waals surface area contributed by atoms with Crippen LogP contribution in [-0.4, -0.2) is 34.0 Å². The van der Waals surface area contributed by atoms with Gasteiger partial charge in [-0.15, -0.1) is 0 Å². The summed E-state index contributed by atoms with van der Waals surface area (Å²) in [6.45, 7) is 11.7. The van der Waals surface area contributed by atoms with E-state index in [2.05, 4.69) is 28.7 Å². The Bertz CT molecular complexity index is 1210. The number of hydrogen-bond donors (Lipinski definition) is 2. The van der Waals surface area contributed by atoms with Crippen LogP contribution < -0.4 is 16.1 Å². The molecular weight excluding hydrogens is 392 g/mol. The molecule has 0 saturated heterocycles. The van der Waals surface area contributed by atoms with E-state index in [4.69, 9.17) is 0 Å². The molecule has 0 radical (unpaired) electrons. The summed E-state index contributed by atoms with van der Waals surface area (Å²) in [6.07, 6.45) is 1.29. The SMILES string of the molecule is CCN(CC)c1ccc(N=Cc2c(O)n(-c3c(C)cc(C)cc3C)c(=O)[nH]c2=O)cc1. The molecule has 7 heteroatoms. The first-order chi connectivity index (χ1) is 14.8. The Hall–Kier alpha value is -3.61. The fraction of sp³-hybridized carbons (Fsp3) is 0.292. The van der Waals surface area contributed by atoms with Gasteiger partial charge in [-0.2, -0.15) is 0 Å². The molecule has 0 bridgehead atoms. The lowest BCUT2D eigenvalue weighted by Gasteiger charge is -2.20. The maximum absolute atomic E-state index is 12.5. The molecule has 7 nitrogen and oxygen atoms in total. The van der Waals surface area contributed by atoms with Gasteiger partial charge in [-0.1, -0.05) is 17.7 Å². The van der Waals surface area contributed by atoms with Crippen LogP contribution in [0.5, 0.6) is 5.88 Å². The van der Waals surface area contributed by atoms with E-state index in [-0.39, 0.29) is 5.56 Å². The fourth-order valence-electron chi connectivity index (χ4n) is 3.86. The molecule has 162 valence electrons. The average Bonchev–Trinajstić information content (AvgIpc) is 2.71. The molecule has 0 aliphatic heterocycles. The van der Waals surface area contributed by atoms with Crippen LogP contribution in [0.15, 0.2) is 51.0 Å². The normalized spacial score (nSPS) is 11.3. The highest BCUT2D eigenvalue weighted by atomic mass is 16.3. The number of aromatic amines is 1. The van der Waals surface area contributed by atoms with Crippen LogP contribution in [0, 0.1) is 20.8 Å². The number of rotatable bonds is 6. The number of aromatic nitrogens is 2. The lowest BCUT2D eigenvalue weighted by molar-refractivity contribution is 0.429. The van der Waals surface area contributed by atoms with Gasteiger partial charge in [0.15, 0.2) is 0 Å². The quantitative estimate of drug-likeness (QED) is 0.594. The maximum atomic E-state index is 12.5. The Balaban J connectivity index is 2.05. The van der Waals surface area contributed by atoms with Gasteiger partial charge >= 0.3 is 5.69 Å². The van der Waals surface area contributed by atoms with Gasteiger partial charge in [-0.05, 0) is 70.0 Å². The van der Waals surface area contributed by atoms with Gasteiger partial charge in [-0.3, -0.25) is 14.8 Å². The van der Waals surface area contributed by atoms with Crippen LogP contribution in [0.3, 0.4) is 0 Å². The van der Waals surface area contributed by atoms with Crippen molar-refractivity contribution in [1.82, 2.24) is 9.55 Å². The first kappa shape index (κ1) is 22.1. The van der Waals surface area contributed by atoms with E-state index >= 15 is 0 Å². The molecule has 1 aromatic heterocycles. The zero-order valence-electron chi connectivity index (χ0n) is 18.6. The van der Waals surface area contributed by atoms with Crippen molar-refractivity contribution in [2.45, 2.75) is 34.6 Å². The summed E-state index contributed by atoms with van der Waals surface area (Å²) in [6, 6.07) is 11.5. The molecule has 1 heterocycles. The monoisotopic (exact) mass is 420 g/mol. The number of nitrogens with zero attached hydrogens (tertiary/aromatic N) is 3. The van der Waals surface area contributed by atoms with Crippen LogP contribution >= 0.6 is 0 Å². The smallest absolute Gasteiger partial charge is 0.335 e. The molecule has 3 aromatic rings. The highest BCUT2D eigenvalue weighted by Crippen LogP contribution is 2.24. The number of aryl methyl sites for hydroxylation is 3. The van der Waals surface area contributed by atoms with Gasteiger partial charge in [0.2, 0.25) is 5.88 Å². The zero-order chi connectivity index (χ0) is 22.7. The third kappa shape index (κ3) is 4.45. The van der Waals surface area contributed by atoms with Crippen molar-refractivity contribution >= 4 is 17.6 Å². The van der Waals surface area contributed by atoms with Gasteiger partial charge in [0.25, 0.3) is 5.56 Å². The van der Waals surface area contributed by atoms with E-state index in [1.165, 1.54) is 6.21 Å². The minimum atomic E-state index is -0.696. The van der Waals surface area contributed by atoms with Gasteiger partial charge in [-0.25, -0.2) is 9.36 Å². The van der Waals surface area contributed by atoms with Crippen molar-refractivity contribution in [3.05, 3.63) is 79.5 Å². The topological polar surface area (TPSA) is 90.7 Å². The number of anilines is 1. The van der Waals surface area contributed by atoms with Gasteiger partial charge in [0.05, 0.1) is 11.4 Å². The molecule has 0 amide bonds. The van der Waals surface area contributed by atoms with Crippen LogP contribution in [0.1, 0.15) is 36.1 Å². The Kier molecular flexibility index (Phi) is 6.44. The number of H-pyrrole nitrogens is 1. The van der Waals surface area contributed by atoms with Crippen molar-refractivity contribution in [3.8, 4) is 11.6 Å². The molecule has 2 N–H and O–H groups in total. The summed E-state index contributed by atoms with van der Waals surface area (Å²) >= 11 is 0.